The van der Waals surface area contributed by atoms with Gasteiger partial charge in [0, 0.05) is 24.8 Å². The van der Waals surface area contributed by atoms with Crippen LogP contribution in [0.15, 0.2) is 24.3 Å². The monoisotopic (exact) mass is 796 g/mol. The summed E-state index contributed by atoms with van der Waals surface area (Å²) in [5.41, 5.74) is -6.36. The van der Waals surface area contributed by atoms with Crippen LogP contribution in [0.5, 0.6) is 11.6 Å². The van der Waals surface area contributed by atoms with E-state index in [1.54, 1.807) is 12.2 Å². The number of halogens is 4. The van der Waals surface area contributed by atoms with Crippen molar-refractivity contribution in [2.75, 3.05) is 13.7 Å². The minimum atomic E-state index is -5.14. The van der Waals surface area contributed by atoms with Crippen LogP contribution >= 0.6 is 0 Å². The summed E-state index contributed by atoms with van der Waals surface area (Å²) in [4.78, 5) is 63.1. The van der Waals surface area contributed by atoms with Crippen LogP contribution in [0.4, 0.5) is 22.4 Å². The number of fused-ring (bicyclic) bond motifs is 5. The van der Waals surface area contributed by atoms with E-state index in [0.717, 1.165) is 4.90 Å². The summed E-state index contributed by atoms with van der Waals surface area (Å²) in [7, 11) is -2.88. The first-order valence-corrected chi connectivity index (χ1v) is 19.4. The average Bonchev–Trinajstić information content (AvgIpc) is 4.00. The van der Waals surface area contributed by atoms with Crippen molar-refractivity contribution >= 4 is 44.9 Å². The summed E-state index contributed by atoms with van der Waals surface area (Å²) in [5, 5.41) is 14.4. The number of hydrogen-bond donors (Lipinski definition) is 4. The van der Waals surface area contributed by atoms with Crippen molar-refractivity contribution in [2.24, 2.45) is 5.92 Å². The van der Waals surface area contributed by atoms with Gasteiger partial charge in [0.25, 0.3) is 5.91 Å². The Kier molecular flexibility index (Phi) is 9.44. The number of carbonyl (C=O) groups is 4. The number of carboxylic acid groups (broad SMARTS) is 1. The van der Waals surface area contributed by atoms with Gasteiger partial charge in [-0.3, -0.25) is 19.1 Å². The molecule has 5 heterocycles. The number of aromatic nitrogens is 2. The Balaban J connectivity index is 1.29. The van der Waals surface area contributed by atoms with Gasteiger partial charge in [0.05, 0.1) is 29.5 Å². The number of alkyl halides is 4. The molecule has 20 heteroatoms. The van der Waals surface area contributed by atoms with E-state index in [-0.39, 0.29) is 29.8 Å². The highest BCUT2D eigenvalue weighted by atomic mass is 32.2. The van der Waals surface area contributed by atoms with Crippen molar-refractivity contribution in [1.82, 2.24) is 30.2 Å². The molecule has 3 fully saturated rings. The van der Waals surface area contributed by atoms with Gasteiger partial charge in [-0.15, -0.1) is 0 Å². The van der Waals surface area contributed by atoms with Crippen molar-refractivity contribution in [1.29, 1.82) is 0 Å². The topological polar surface area (TPSA) is 206 Å². The first-order valence-electron chi connectivity index (χ1n) is 18.0. The molecule has 2 saturated carbocycles. The summed E-state index contributed by atoms with van der Waals surface area (Å²) in [6, 6.07) is -0.549. The van der Waals surface area contributed by atoms with E-state index in [1.165, 1.54) is 26.2 Å². The molecule has 3 aliphatic heterocycles. The van der Waals surface area contributed by atoms with Crippen molar-refractivity contribution in [3.05, 3.63) is 35.5 Å². The van der Waals surface area contributed by atoms with Gasteiger partial charge >= 0.3 is 12.3 Å². The number of hydrogen-bond acceptors (Lipinski definition) is 10. The van der Waals surface area contributed by atoms with Crippen LogP contribution in [-0.2, 0) is 30.6 Å². The number of nitrogens with one attached hydrogen (secondary N) is 3. The van der Waals surface area contributed by atoms with Gasteiger partial charge in [0.1, 0.15) is 34.9 Å². The van der Waals surface area contributed by atoms with Gasteiger partial charge in [-0.25, -0.2) is 27.6 Å². The van der Waals surface area contributed by atoms with Gasteiger partial charge in [-0.2, -0.15) is 13.2 Å². The number of sulfonamides is 1. The Morgan fingerprint density at radius 2 is 1.85 bits per heavy atom. The van der Waals surface area contributed by atoms with E-state index in [4.69, 9.17) is 9.47 Å². The molecule has 4 N–H and O–H groups in total. The molecule has 0 radical (unpaired) electrons. The fourth-order valence-electron chi connectivity index (χ4n) is 7.87. The lowest BCUT2D eigenvalue weighted by atomic mass is 9.86. The second-order valence-corrected chi connectivity index (χ2v) is 17.5. The van der Waals surface area contributed by atoms with E-state index < -0.39 is 116 Å². The third-order valence-corrected chi connectivity index (χ3v) is 13.5. The van der Waals surface area contributed by atoms with Gasteiger partial charge < -0.3 is 30.1 Å². The lowest BCUT2D eigenvalue weighted by molar-refractivity contribution is -0.145. The maximum atomic E-state index is 16.6. The van der Waals surface area contributed by atoms with Crippen molar-refractivity contribution < 1.29 is 59.7 Å². The van der Waals surface area contributed by atoms with Crippen LogP contribution in [0.3, 0.4) is 0 Å². The second kappa shape index (κ2) is 13.5. The number of methoxy groups -OCH3 is 1. The maximum absolute atomic E-state index is 16.6. The zero-order valence-electron chi connectivity index (χ0n) is 29.9. The summed E-state index contributed by atoms with van der Waals surface area (Å²) < 4.78 is 98.7. The third-order valence-electron chi connectivity index (χ3n) is 11.4. The molecule has 1 unspecified atom stereocenters. The maximum Gasteiger partial charge on any atom is 0.437 e. The van der Waals surface area contributed by atoms with Gasteiger partial charge in [-0.05, 0) is 51.5 Å². The molecule has 5 aliphatic rings. The van der Waals surface area contributed by atoms with E-state index in [0.29, 0.717) is 38.5 Å². The Hall–Kier alpha value is -4.75. The van der Waals surface area contributed by atoms with Gasteiger partial charge in [0.15, 0.2) is 11.4 Å². The molecular weight excluding hydrogens is 756 g/mol. The lowest BCUT2D eigenvalue weighted by Crippen LogP contribution is -2.58. The lowest BCUT2D eigenvalue weighted by Gasteiger charge is -2.38. The number of pyridine rings is 2. The summed E-state index contributed by atoms with van der Waals surface area (Å²) in [5.74, 6) is -4.54. The van der Waals surface area contributed by atoms with Crippen LogP contribution in [0.25, 0.3) is 11.0 Å². The molecule has 55 heavy (non-hydrogen) atoms. The van der Waals surface area contributed by atoms with Crippen molar-refractivity contribution in [3.63, 3.8) is 0 Å². The first-order chi connectivity index (χ1) is 25.8. The molecule has 15 nitrogen and oxygen atoms in total. The van der Waals surface area contributed by atoms with Crippen molar-refractivity contribution in [3.8, 4) is 11.6 Å². The van der Waals surface area contributed by atoms with Crippen molar-refractivity contribution in [2.45, 2.75) is 111 Å². The molecular formula is C35H40F4N6O9S. The molecule has 1 saturated heterocycles. The largest absolute Gasteiger partial charge is 0.482 e. The fourth-order valence-corrected chi connectivity index (χ4v) is 9.18. The van der Waals surface area contributed by atoms with E-state index in [2.05, 4.69) is 25.3 Å². The zero-order chi connectivity index (χ0) is 39.7. The smallest absolute Gasteiger partial charge is 0.437 e. The molecule has 2 aromatic heterocycles. The van der Waals surface area contributed by atoms with Gasteiger partial charge in [0.2, 0.25) is 27.7 Å². The van der Waals surface area contributed by atoms with Crippen LogP contribution in [-0.4, -0.2) is 93.8 Å². The van der Waals surface area contributed by atoms with Crippen LogP contribution in [0.2, 0.25) is 0 Å². The number of nitrogens with zero attached hydrogens (tertiary/aromatic N) is 3. The molecule has 7 rings (SSSR count). The predicted octanol–water partition coefficient (Wildman–Crippen LogP) is 3.82. The highest BCUT2D eigenvalue weighted by Crippen LogP contribution is 2.53. The summed E-state index contributed by atoms with van der Waals surface area (Å²) in [6.07, 6.45) is -3.79. The average molecular weight is 797 g/mol. The molecule has 1 spiro atoms. The predicted molar refractivity (Wildman–Crippen MR) is 184 cm³/mol. The van der Waals surface area contributed by atoms with E-state index in [9.17, 15) is 45.9 Å². The molecule has 2 aromatic rings. The Morgan fingerprint density at radius 3 is 2.53 bits per heavy atom. The van der Waals surface area contributed by atoms with Crippen LogP contribution < -0.4 is 24.8 Å². The summed E-state index contributed by atoms with van der Waals surface area (Å²) >= 11 is 0. The standard InChI is InChI=1S/C35H40F4N6O9S/c1-32(12-13-32)55(51,52)44-30(48)34-14-18(34)8-6-4-3-5-7-9-21(41-31(49)50)29(47)45-17-33(16-22(45)28(46)43-34)15-19(36)24-25-20(10-11-23(42-25)53-2)40-27(26(24)54-33)35(37,38)39/h6,8,10-11,18-19,21-22,41H,3-5,7,9,12-17H2,1-2H3,(H,43,46)(H,44,48)(H,49,50)/b8-6-/t18-,19?,21+,22+,33-,34-/m1/s1. The number of carbonyl (C=O) groups excluding carboxylic acids is 3. The molecule has 6 atom stereocenters. The number of amides is 4. The Morgan fingerprint density at radius 1 is 1.11 bits per heavy atom. The zero-order valence-corrected chi connectivity index (χ0v) is 30.7. The normalized spacial score (nSPS) is 31.1. The van der Waals surface area contributed by atoms with Crippen LogP contribution in [0, 0.1) is 5.92 Å². The minimum Gasteiger partial charge on any atom is -0.482 e. The summed E-state index contributed by atoms with van der Waals surface area (Å²) in [6.45, 7) is 0.843. The Bertz CT molecular complexity index is 2100. The molecule has 298 valence electrons. The fraction of sp³-hybridized carbons (Fsp3) is 0.600. The third kappa shape index (κ3) is 7.01. The van der Waals surface area contributed by atoms with E-state index >= 15 is 4.39 Å². The molecule has 0 aromatic carbocycles. The Labute approximate surface area is 312 Å². The number of rotatable bonds is 5. The quantitative estimate of drug-likeness (QED) is 0.253. The van der Waals surface area contributed by atoms with E-state index in [1.807, 2.05) is 0 Å². The van der Waals surface area contributed by atoms with Crippen LogP contribution in [0.1, 0.15) is 88.6 Å². The SMILES string of the molecule is COc1ccc2nc(C(F)(F)F)c3c(c2n1)C(F)C[C@]1(C[C@H]2C(=O)N[C@]4(C(=O)NS(=O)(=O)C5(C)CC5)C[C@H]4/C=C\CCCCC[C@H](NC(=O)O)C(=O)N2C1)O3. The van der Waals surface area contributed by atoms with Gasteiger partial charge in [-0.1, -0.05) is 25.0 Å². The molecule has 0 bridgehead atoms. The second-order valence-electron chi connectivity index (χ2n) is 15.3. The number of allylic oxidation sites excluding steroid dienone is 1. The molecule has 2 aliphatic carbocycles. The highest BCUT2D eigenvalue weighted by Gasteiger charge is 2.64. The number of ether oxygens (including phenoxy) is 2. The first kappa shape index (κ1) is 38.5. The highest BCUT2D eigenvalue weighted by molar-refractivity contribution is 7.91. The minimum absolute atomic E-state index is 0.00287. The molecule has 4 amide bonds.